The van der Waals surface area contributed by atoms with E-state index in [9.17, 15) is 9.90 Å². The SMILES string of the molecule is CC1=C(C)[C@@H]2CCC3=C(C(C)(O)C=C(C(C)C)C3=O)C2(C)CC1. The van der Waals surface area contributed by atoms with E-state index in [0.717, 1.165) is 42.4 Å². The van der Waals surface area contributed by atoms with Crippen molar-refractivity contribution in [3.05, 3.63) is 33.9 Å². The Bertz CT molecular complexity index is 657. The van der Waals surface area contributed by atoms with E-state index in [0.29, 0.717) is 5.92 Å². The van der Waals surface area contributed by atoms with Crippen LogP contribution in [0, 0.1) is 17.3 Å². The molecule has 0 aromatic heterocycles. The monoisotopic (exact) mass is 314 g/mol. The first-order valence-electron chi connectivity index (χ1n) is 8.99. The fourth-order valence-electron chi connectivity index (χ4n) is 5.34. The Hall–Kier alpha value is -1.15. The first kappa shape index (κ1) is 16.7. The second kappa shape index (κ2) is 5.17. The lowest BCUT2D eigenvalue weighted by atomic mass is 9.52. The summed E-state index contributed by atoms with van der Waals surface area (Å²) >= 11 is 0. The molecule has 3 aliphatic rings. The van der Waals surface area contributed by atoms with Crippen LogP contribution in [0.15, 0.2) is 33.9 Å². The van der Waals surface area contributed by atoms with E-state index < -0.39 is 5.60 Å². The molecule has 23 heavy (non-hydrogen) atoms. The van der Waals surface area contributed by atoms with Crippen molar-refractivity contribution in [2.24, 2.45) is 17.3 Å². The minimum absolute atomic E-state index is 0.0880. The quantitative estimate of drug-likeness (QED) is 0.709. The molecule has 0 aromatic rings. The van der Waals surface area contributed by atoms with Crippen molar-refractivity contribution in [2.45, 2.75) is 72.8 Å². The third-order valence-electron chi connectivity index (χ3n) is 6.64. The molecule has 0 spiro atoms. The van der Waals surface area contributed by atoms with Gasteiger partial charge in [-0.1, -0.05) is 31.9 Å². The molecule has 0 heterocycles. The maximum Gasteiger partial charge on any atom is 0.185 e. The van der Waals surface area contributed by atoms with Crippen LogP contribution in [0.4, 0.5) is 0 Å². The number of aliphatic hydroxyl groups is 1. The maximum atomic E-state index is 13.0. The van der Waals surface area contributed by atoms with Gasteiger partial charge in [0, 0.05) is 11.1 Å². The van der Waals surface area contributed by atoms with Crippen LogP contribution < -0.4 is 0 Å². The molecule has 0 aliphatic heterocycles. The first-order valence-corrected chi connectivity index (χ1v) is 8.99. The van der Waals surface area contributed by atoms with Crippen molar-refractivity contribution in [3.8, 4) is 0 Å². The molecule has 0 saturated heterocycles. The zero-order valence-electron chi connectivity index (χ0n) is 15.4. The number of Topliss-reactive ketones (excluding diaryl/α,β-unsaturated/α-hetero) is 1. The third-order valence-corrected chi connectivity index (χ3v) is 6.64. The Morgan fingerprint density at radius 3 is 2.48 bits per heavy atom. The number of fused-ring (bicyclic) bond motifs is 2. The van der Waals surface area contributed by atoms with E-state index in [4.69, 9.17) is 0 Å². The van der Waals surface area contributed by atoms with Gasteiger partial charge in [0.05, 0.1) is 0 Å². The second-order valence-corrected chi connectivity index (χ2v) is 8.56. The lowest BCUT2D eigenvalue weighted by molar-refractivity contribution is -0.114. The molecule has 3 atom stereocenters. The van der Waals surface area contributed by atoms with Crippen molar-refractivity contribution in [3.63, 3.8) is 0 Å². The number of carbonyl (C=O) groups is 1. The summed E-state index contributed by atoms with van der Waals surface area (Å²) in [6.45, 7) is 12.7. The predicted molar refractivity (Wildman–Crippen MR) is 94.0 cm³/mol. The highest BCUT2D eigenvalue weighted by Crippen LogP contribution is 2.59. The van der Waals surface area contributed by atoms with Gasteiger partial charge in [-0.3, -0.25) is 4.79 Å². The molecule has 0 aromatic carbocycles. The van der Waals surface area contributed by atoms with Gasteiger partial charge in [-0.2, -0.15) is 0 Å². The topological polar surface area (TPSA) is 37.3 Å². The Balaban J connectivity index is 2.17. The highest BCUT2D eigenvalue weighted by atomic mass is 16.3. The van der Waals surface area contributed by atoms with Crippen LogP contribution in [0.25, 0.3) is 0 Å². The van der Waals surface area contributed by atoms with Gasteiger partial charge in [0.15, 0.2) is 5.78 Å². The van der Waals surface area contributed by atoms with Crippen molar-refractivity contribution in [2.75, 3.05) is 0 Å². The van der Waals surface area contributed by atoms with Gasteiger partial charge < -0.3 is 5.11 Å². The molecular weight excluding hydrogens is 284 g/mol. The Kier molecular flexibility index (Phi) is 3.76. The molecule has 0 fully saturated rings. The van der Waals surface area contributed by atoms with Crippen LogP contribution in [-0.4, -0.2) is 16.5 Å². The molecule has 3 aliphatic carbocycles. The van der Waals surface area contributed by atoms with Gasteiger partial charge in [-0.25, -0.2) is 0 Å². The summed E-state index contributed by atoms with van der Waals surface area (Å²) in [6, 6.07) is 0. The Morgan fingerprint density at radius 2 is 1.87 bits per heavy atom. The van der Waals surface area contributed by atoms with Crippen molar-refractivity contribution >= 4 is 5.78 Å². The zero-order valence-corrected chi connectivity index (χ0v) is 15.4. The molecule has 2 unspecified atom stereocenters. The summed E-state index contributed by atoms with van der Waals surface area (Å²) in [5.41, 5.74) is 4.60. The number of hydrogen-bond acceptors (Lipinski definition) is 2. The summed E-state index contributed by atoms with van der Waals surface area (Å²) in [5.74, 6) is 0.803. The van der Waals surface area contributed by atoms with Gasteiger partial charge in [0.2, 0.25) is 0 Å². The largest absolute Gasteiger partial charge is 0.382 e. The second-order valence-electron chi connectivity index (χ2n) is 8.56. The summed E-state index contributed by atoms with van der Waals surface area (Å²) in [7, 11) is 0. The van der Waals surface area contributed by atoms with Crippen molar-refractivity contribution in [1.82, 2.24) is 0 Å². The van der Waals surface area contributed by atoms with Gasteiger partial charge in [0.1, 0.15) is 5.60 Å². The first-order chi connectivity index (χ1) is 10.6. The van der Waals surface area contributed by atoms with Crippen LogP contribution >= 0.6 is 0 Å². The van der Waals surface area contributed by atoms with Crippen LogP contribution in [0.2, 0.25) is 0 Å². The molecule has 1 N–H and O–H groups in total. The van der Waals surface area contributed by atoms with E-state index in [1.54, 1.807) is 0 Å². The highest BCUT2D eigenvalue weighted by Gasteiger charge is 2.52. The average molecular weight is 314 g/mol. The summed E-state index contributed by atoms with van der Waals surface area (Å²) in [5, 5.41) is 11.3. The van der Waals surface area contributed by atoms with E-state index in [1.165, 1.54) is 11.1 Å². The average Bonchev–Trinajstić information content (AvgIpc) is 2.46. The van der Waals surface area contributed by atoms with Gasteiger partial charge >= 0.3 is 0 Å². The minimum atomic E-state index is -0.998. The molecule has 126 valence electrons. The molecule has 2 nitrogen and oxygen atoms in total. The smallest absolute Gasteiger partial charge is 0.185 e. The predicted octanol–water partition coefficient (Wildman–Crippen LogP) is 4.75. The van der Waals surface area contributed by atoms with E-state index in [2.05, 4.69) is 20.8 Å². The third kappa shape index (κ3) is 2.29. The van der Waals surface area contributed by atoms with Gasteiger partial charge in [-0.05, 0) is 75.4 Å². The summed E-state index contributed by atoms with van der Waals surface area (Å²) in [6.07, 6.45) is 5.78. The lowest BCUT2D eigenvalue weighted by Crippen LogP contribution is -2.48. The molecular formula is C21H30O2. The molecule has 0 radical (unpaired) electrons. The summed E-state index contributed by atoms with van der Waals surface area (Å²) in [4.78, 5) is 13.0. The van der Waals surface area contributed by atoms with Crippen LogP contribution in [0.3, 0.4) is 0 Å². The molecule has 2 heteroatoms. The number of rotatable bonds is 1. The standard InChI is InChI=1S/C21H30O2/c1-12(2)16-11-21(6,23)19-15(18(16)22)7-8-17-14(4)13(3)9-10-20(17,19)5/h11-12,17,23H,7-10H2,1-6H3/t17-,20?,21?/m0/s1. The lowest BCUT2D eigenvalue weighted by Gasteiger charge is -2.53. The Labute approximate surface area is 140 Å². The van der Waals surface area contributed by atoms with E-state index >= 15 is 0 Å². The summed E-state index contributed by atoms with van der Waals surface area (Å²) < 4.78 is 0. The molecule has 3 rings (SSSR count). The highest BCUT2D eigenvalue weighted by molar-refractivity contribution is 6.11. The number of allylic oxidation sites excluding steroid dienone is 4. The molecule has 0 saturated carbocycles. The van der Waals surface area contributed by atoms with Crippen molar-refractivity contribution in [1.29, 1.82) is 0 Å². The number of carbonyl (C=O) groups excluding carboxylic acids is 1. The number of ketones is 1. The normalized spacial score (nSPS) is 37.8. The number of hydrogen-bond donors (Lipinski definition) is 1. The minimum Gasteiger partial charge on any atom is -0.382 e. The zero-order chi connectivity index (χ0) is 17.2. The Morgan fingerprint density at radius 1 is 1.22 bits per heavy atom. The van der Waals surface area contributed by atoms with E-state index in [-0.39, 0.29) is 17.1 Å². The van der Waals surface area contributed by atoms with Crippen LogP contribution in [0.1, 0.15) is 67.2 Å². The fourth-order valence-corrected chi connectivity index (χ4v) is 5.34. The molecule has 0 bridgehead atoms. The van der Waals surface area contributed by atoms with Crippen LogP contribution in [0.5, 0.6) is 0 Å². The fraction of sp³-hybridized carbons (Fsp3) is 0.667. The van der Waals surface area contributed by atoms with E-state index in [1.807, 2.05) is 26.8 Å². The van der Waals surface area contributed by atoms with Crippen LogP contribution in [-0.2, 0) is 4.79 Å². The van der Waals surface area contributed by atoms with Gasteiger partial charge in [-0.15, -0.1) is 0 Å². The van der Waals surface area contributed by atoms with Crippen molar-refractivity contribution < 1.29 is 9.90 Å². The van der Waals surface area contributed by atoms with Gasteiger partial charge in [0.25, 0.3) is 0 Å². The maximum absolute atomic E-state index is 13.0. The molecule has 0 amide bonds.